The lowest BCUT2D eigenvalue weighted by Crippen LogP contribution is -2.31. The predicted molar refractivity (Wildman–Crippen MR) is 154 cm³/mol. The first kappa shape index (κ1) is 28.2. The molecule has 5 rings (SSSR count). The van der Waals surface area contributed by atoms with E-state index in [0.29, 0.717) is 53.4 Å². The van der Waals surface area contributed by atoms with E-state index in [0.717, 1.165) is 31.3 Å². The number of hydroxylamine groups is 1. The van der Waals surface area contributed by atoms with E-state index < -0.39 is 17.7 Å². The number of nitrogens with one attached hydrogen (secondary N) is 2. The van der Waals surface area contributed by atoms with E-state index in [2.05, 4.69) is 51.1 Å². The summed E-state index contributed by atoms with van der Waals surface area (Å²) in [5.41, 5.74) is 2.31. The normalized spacial score (nSPS) is 18.6. The van der Waals surface area contributed by atoms with Crippen LogP contribution >= 0.6 is 0 Å². The molecule has 2 aliphatic heterocycles. The summed E-state index contributed by atoms with van der Waals surface area (Å²) in [6.45, 7) is 5.56. The van der Waals surface area contributed by atoms with Crippen LogP contribution in [-0.2, 0) is 9.63 Å². The molecule has 0 radical (unpaired) electrons. The monoisotopic (exact) mass is 565 g/mol. The Morgan fingerprint density at radius 3 is 2.71 bits per heavy atom. The van der Waals surface area contributed by atoms with Gasteiger partial charge in [-0.1, -0.05) is 12.6 Å². The number of ether oxygens (including phenoxy) is 1. The third-order valence-electron chi connectivity index (χ3n) is 7.36. The molecule has 2 N–H and O–H groups in total. The van der Waals surface area contributed by atoms with Crippen molar-refractivity contribution in [3.05, 3.63) is 72.6 Å². The van der Waals surface area contributed by atoms with E-state index >= 15 is 0 Å². The number of carbonyl (C=O) groups excluding carboxylic acids is 1. The molecule has 2 saturated heterocycles. The van der Waals surface area contributed by atoms with Gasteiger partial charge in [-0.05, 0) is 38.7 Å². The van der Waals surface area contributed by atoms with Crippen molar-refractivity contribution in [2.24, 2.45) is 0 Å². The average Bonchev–Trinajstić information content (AvgIpc) is 3.64. The topological polar surface area (TPSA) is 95.1 Å². The second-order valence-electron chi connectivity index (χ2n) is 10.1. The van der Waals surface area contributed by atoms with Crippen molar-refractivity contribution in [3.63, 3.8) is 0 Å². The van der Waals surface area contributed by atoms with Gasteiger partial charge in [0.2, 0.25) is 5.91 Å². The molecule has 2 aromatic carbocycles. The number of likely N-dealkylation sites (N-methyl/N-ethyl adjacent to an activating group) is 1. The highest BCUT2D eigenvalue weighted by Gasteiger charge is 2.32. The van der Waals surface area contributed by atoms with E-state index in [4.69, 9.17) is 9.57 Å². The Kier molecular flexibility index (Phi) is 8.31. The minimum atomic E-state index is -0.647. The molecule has 2 atom stereocenters. The van der Waals surface area contributed by atoms with Gasteiger partial charge >= 0.3 is 0 Å². The van der Waals surface area contributed by atoms with Gasteiger partial charge in [-0.15, -0.1) is 0 Å². The van der Waals surface area contributed by atoms with Gasteiger partial charge in [-0.3, -0.25) is 9.63 Å². The number of aromatic nitrogens is 2. The van der Waals surface area contributed by atoms with Crippen molar-refractivity contribution in [1.29, 1.82) is 0 Å². The first-order valence-corrected chi connectivity index (χ1v) is 13.3. The van der Waals surface area contributed by atoms with Crippen LogP contribution in [0, 0.1) is 11.6 Å². The number of hydrogen-bond acceptors (Lipinski definition) is 9. The molecule has 0 aliphatic carbocycles. The highest BCUT2D eigenvalue weighted by atomic mass is 19.1. The van der Waals surface area contributed by atoms with E-state index in [1.165, 1.54) is 29.6 Å². The summed E-state index contributed by atoms with van der Waals surface area (Å²) < 4.78 is 33.8. The molecular weight excluding hydrogens is 532 g/mol. The SMILES string of the molecule is C=CC(=O)Nc1cc(Nc2cc(N3OCCC3c3ccc(F)cc3F)ncn2)c(OC)cc1N1CCC(N(C)C)C1. The summed E-state index contributed by atoms with van der Waals surface area (Å²) >= 11 is 0. The molecule has 2 fully saturated rings. The van der Waals surface area contributed by atoms with E-state index in [1.54, 1.807) is 19.2 Å². The van der Waals surface area contributed by atoms with Crippen LogP contribution in [0.2, 0.25) is 0 Å². The molecule has 216 valence electrons. The van der Waals surface area contributed by atoms with Crippen molar-refractivity contribution in [1.82, 2.24) is 14.9 Å². The van der Waals surface area contributed by atoms with Crippen LogP contribution < -0.4 is 25.3 Å². The largest absolute Gasteiger partial charge is 0.494 e. The second kappa shape index (κ2) is 12.1. The summed E-state index contributed by atoms with van der Waals surface area (Å²) in [5.74, 6) is -0.252. The maximum Gasteiger partial charge on any atom is 0.247 e. The molecule has 10 nitrogen and oxygen atoms in total. The van der Waals surface area contributed by atoms with Gasteiger partial charge < -0.3 is 25.2 Å². The number of nitrogens with zero attached hydrogens (tertiary/aromatic N) is 5. The molecule has 0 saturated carbocycles. The van der Waals surface area contributed by atoms with Crippen molar-refractivity contribution in [2.45, 2.75) is 24.9 Å². The Bertz CT molecular complexity index is 1440. The Morgan fingerprint density at radius 1 is 1.17 bits per heavy atom. The van der Waals surface area contributed by atoms with Crippen molar-refractivity contribution < 1.29 is 23.1 Å². The summed E-state index contributed by atoms with van der Waals surface area (Å²) in [5, 5.41) is 7.68. The molecule has 0 spiro atoms. The summed E-state index contributed by atoms with van der Waals surface area (Å²) in [7, 11) is 5.69. The zero-order valence-corrected chi connectivity index (χ0v) is 23.2. The van der Waals surface area contributed by atoms with Gasteiger partial charge in [0.05, 0.1) is 36.8 Å². The average molecular weight is 566 g/mol. The number of benzene rings is 2. The number of hydrogen-bond donors (Lipinski definition) is 2. The molecule has 1 amide bonds. The van der Waals surface area contributed by atoms with Crippen LogP contribution in [0.15, 0.2) is 55.4 Å². The minimum Gasteiger partial charge on any atom is -0.494 e. The highest BCUT2D eigenvalue weighted by Crippen LogP contribution is 2.41. The number of rotatable bonds is 9. The van der Waals surface area contributed by atoms with Crippen molar-refractivity contribution in [2.75, 3.05) is 61.5 Å². The lowest BCUT2D eigenvalue weighted by Gasteiger charge is -2.26. The van der Waals surface area contributed by atoms with Gasteiger partial charge in [-0.25, -0.2) is 23.8 Å². The van der Waals surface area contributed by atoms with Crippen LogP contribution in [0.3, 0.4) is 0 Å². The molecule has 1 aromatic heterocycles. The maximum absolute atomic E-state index is 14.6. The van der Waals surface area contributed by atoms with Gasteiger partial charge in [0.25, 0.3) is 0 Å². The van der Waals surface area contributed by atoms with Crippen LogP contribution in [0.25, 0.3) is 0 Å². The van der Waals surface area contributed by atoms with Crippen molar-refractivity contribution in [3.8, 4) is 5.75 Å². The van der Waals surface area contributed by atoms with Gasteiger partial charge in [0.15, 0.2) is 5.82 Å². The molecule has 3 aromatic rings. The molecule has 12 heteroatoms. The van der Waals surface area contributed by atoms with Crippen LogP contribution in [0.5, 0.6) is 5.75 Å². The first-order chi connectivity index (χ1) is 19.8. The molecular formula is C29H33F2N7O3. The van der Waals surface area contributed by atoms with Gasteiger partial charge in [0, 0.05) is 49.3 Å². The van der Waals surface area contributed by atoms with Crippen LogP contribution in [0.1, 0.15) is 24.4 Å². The lowest BCUT2D eigenvalue weighted by molar-refractivity contribution is -0.111. The Balaban J connectivity index is 1.44. The van der Waals surface area contributed by atoms with Gasteiger partial charge in [-0.2, -0.15) is 0 Å². The smallest absolute Gasteiger partial charge is 0.247 e. The fraction of sp³-hybridized carbons (Fsp3) is 0.345. The fourth-order valence-corrected chi connectivity index (χ4v) is 5.19. The Morgan fingerprint density at radius 2 is 2.00 bits per heavy atom. The number of methoxy groups -OCH3 is 1. The second-order valence-corrected chi connectivity index (χ2v) is 10.1. The van der Waals surface area contributed by atoms with Crippen molar-refractivity contribution >= 4 is 34.6 Å². The summed E-state index contributed by atoms with van der Waals surface area (Å²) in [6.07, 6.45) is 4.09. The third kappa shape index (κ3) is 6.08. The maximum atomic E-state index is 14.6. The first-order valence-electron chi connectivity index (χ1n) is 13.3. The van der Waals surface area contributed by atoms with Crippen LogP contribution in [0.4, 0.5) is 37.5 Å². The molecule has 0 bridgehead atoms. The standard InChI is InChI=1S/C29H33F2N7O3/c1-5-29(39)35-22-13-23(26(40-4)14-25(22)37-10-8-19(16-37)36(2)3)34-27-15-28(33-17-32-27)38-24(9-11-41-38)20-7-6-18(30)12-21(20)31/h5-7,12-15,17,19,24H,1,8-11,16H2,2-4H3,(H,35,39)(H,32,33,34). The summed E-state index contributed by atoms with van der Waals surface area (Å²) in [4.78, 5) is 31.2. The predicted octanol–water partition coefficient (Wildman–Crippen LogP) is 4.65. The number of anilines is 5. The van der Waals surface area contributed by atoms with Crippen LogP contribution in [-0.4, -0.2) is 67.7 Å². The molecule has 2 unspecified atom stereocenters. The van der Waals surface area contributed by atoms with E-state index in [9.17, 15) is 13.6 Å². The third-order valence-corrected chi connectivity index (χ3v) is 7.36. The van der Waals surface area contributed by atoms with E-state index in [-0.39, 0.29) is 5.91 Å². The lowest BCUT2D eigenvalue weighted by atomic mass is 10.0. The quantitative estimate of drug-likeness (QED) is 0.360. The fourth-order valence-electron chi connectivity index (χ4n) is 5.19. The Labute approximate surface area is 237 Å². The zero-order valence-electron chi connectivity index (χ0n) is 23.2. The minimum absolute atomic E-state index is 0.315. The Hall–Kier alpha value is -4.29. The molecule has 3 heterocycles. The zero-order chi connectivity index (χ0) is 29.1. The number of carbonyl (C=O) groups is 1. The number of halogens is 2. The summed E-state index contributed by atoms with van der Waals surface area (Å²) in [6, 6.07) is 8.76. The molecule has 2 aliphatic rings. The highest BCUT2D eigenvalue weighted by molar-refractivity contribution is 6.02. The molecule has 41 heavy (non-hydrogen) atoms. The van der Waals surface area contributed by atoms with E-state index in [1.807, 2.05) is 6.07 Å². The number of amides is 1. The van der Waals surface area contributed by atoms with Gasteiger partial charge in [0.1, 0.15) is 29.5 Å².